The quantitative estimate of drug-likeness (QED) is 0.678. The Labute approximate surface area is 158 Å². The van der Waals surface area contributed by atoms with E-state index in [0.717, 1.165) is 44.8 Å². The van der Waals surface area contributed by atoms with Gasteiger partial charge in [0, 0.05) is 51.4 Å². The molecule has 0 spiro atoms. The maximum atomic E-state index is 12.6. The number of nitrogens with zero attached hydrogens (tertiary/aromatic N) is 6. The van der Waals surface area contributed by atoms with E-state index in [4.69, 9.17) is 4.42 Å². The number of likely N-dealkylation sites (tertiary alicyclic amines) is 1. The van der Waals surface area contributed by atoms with E-state index in [1.54, 1.807) is 6.92 Å². The topological polar surface area (TPSA) is 80.3 Å². The molecule has 2 aromatic heterocycles. The molecule has 1 aliphatic rings. The number of rotatable bonds is 7. The Morgan fingerprint density at radius 2 is 2.27 bits per heavy atom. The van der Waals surface area contributed by atoms with Crippen molar-refractivity contribution >= 4 is 17.7 Å². The predicted octanol–water partition coefficient (Wildman–Crippen LogP) is 1.63. The van der Waals surface area contributed by atoms with Crippen molar-refractivity contribution in [1.82, 2.24) is 29.5 Å². The van der Waals surface area contributed by atoms with Gasteiger partial charge < -0.3 is 18.8 Å². The van der Waals surface area contributed by atoms with E-state index in [-0.39, 0.29) is 5.91 Å². The van der Waals surface area contributed by atoms with E-state index in [1.165, 1.54) is 11.8 Å². The highest BCUT2D eigenvalue weighted by Crippen LogP contribution is 2.27. The normalized spacial score (nSPS) is 17.8. The number of aryl methyl sites for hydroxylation is 1. The van der Waals surface area contributed by atoms with Crippen LogP contribution in [0, 0.1) is 6.92 Å². The van der Waals surface area contributed by atoms with Crippen LogP contribution >= 0.6 is 11.8 Å². The smallest absolute Gasteiger partial charge is 0.277 e. The van der Waals surface area contributed by atoms with Crippen molar-refractivity contribution in [1.29, 1.82) is 0 Å². The highest BCUT2D eigenvalue weighted by Gasteiger charge is 2.27. The Hall–Kier alpha value is -1.87. The van der Waals surface area contributed by atoms with E-state index < -0.39 is 0 Å². The molecular formula is C17H26N6O2S. The highest BCUT2D eigenvalue weighted by molar-refractivity contribution is 7.99. The summed E-state index contributed by atoms with van der Waals surface area (Å²) < 4.78 is 7.53. The third-order valence-electron chi connectivity index (χ3n) is 4.50. The standard InChI is InChI=1S/C17H26N6O2S/c1-13-19-20-17(25-13)26-12-15(24)23-7-4-5-14(11-23)16-18-6-8-22(16)10-9-21(2)3/h6,8,14H,4-5,7,9-12H2,1-3H3. The van der Waals surface area contributed by atoms with Crippen LogP contribution in [0.3, 0.4) is 0 Å². The Morgan fingerprint density at radius 3 is 3.00 bits per heavy atom. The third kappa shape index (κ3) is 4.85. The van der Waals surface area contributed by atoms with E-state index in [0.29, 0.717) is 22.8 Å². The number of carbonyl (C=O) groups is 1. The van der Waals surface area contributed by atoms with Gasteiger partial charge in [-0.15, -0.1) is 10.2 Å². The summed E-state index contributed by atoms with van der Waals surface area (Å²) >= 11 is 1.30. The summed E-state index contributed by atoms with van der Waals surface area (Å²) in [6.45, 7) is 5.16. The van der Waals surface area contributed by atoms with Crippen LogP contribution < -0.4 is 0 Å². The lowest BCUT2D eigenvalue weighted by atomic mass is 9.97. The summed E-state index contributed by atoms with van der Waals surface area (Å²) in [6, 6.07) is 0. The molecule has 1 aliphatic heterocycles. The zero-order valence-electron chi connectivity index (χ0n) is 15.6. The molecule has 3 rings (SSSR count). The number of thioether (sulfide) groups is 1. The molecule has 26 heavy (non-hydrogen) atoms. The lowest BCUT2D eigenvalue weighted by Crippen LogP contribution is -2.40. The number of hydrogen-bond acceptors (Lipinski definition) is 7. The van der Waals surface area contributed by atoms with Crippen molar-refractivity contribution < 1.29 is 9.21 Å². The first-order valence-corrected chi connectivity index (χ1v) is 9.88. The van der Waals surface area contributed by atoms with Crippen LogP contribution in [0.4, 0.5) is 0 Å². The van der Waals surface area contributed by atoms with E-state index >= 15 is 0 Å². The molecule has 1 atom stereocenters. The van der Waals surface area contributed by atoms with Gasteiger partial charge >= 0.3 is 0 Å². The molecule has 2 aromatic rings. The molecule has 1 amide bonds. The number of aromatic nitrogens is 4. The van der Waals surface area contributed by atoms with Crippen molar-refractivity contribution in [2.45, 2.75) is 37.5 Å². The number of carbonyl (C=O) groups excluding carboxylic acids is 1. The Bertz CT molecular complexity index is 728. The lowest BCUT2D eigenvalue weighted by Gasteiger charge is -2.32. The van der Waals surface area contributed by atoms with Gasteiger partial charge in [0.05, 0.1) is 5.75 Å². The molecule has 1 fully saturated rings. The molecule has 1 saturated heterocycles. The van der Waals surface area contributed by atoms with Gasteiger partial charge in [0.2, 0.25) is 11.8 Å². The first-order valence-electron chi connectivity index (χ1n) is 8.89. The molecule has 0 saturated carbocycles. The summed E-state index contributed by atoms with van der Waals surface area (Å²) in [5.74, 6) is 2.33. The molecule has 0 bridgehead atoms. The molecule has 8 nitrogen and oxygen atoms in total. The minimum Gasteiger partial charge on any atom is -0.416 e. The summed E-state index contributed by atoms with van der Waals surface area (Å²) in [5.41, 5.74) is 0. The van der Waals surface area contributed by atoms with Crippen molar-refractivity contribution in [3.63, 3.8) is 0 Å². The van der Waals surface area contributed by atoms with E-state index in [9.17, 15) is 4.79 Å². The second-order valence-corrected chi connectivity index (χ2v) is 7.76. The molecule has 3 heterocycles. The molecule has 9 heteroatoms. The van der Waals surface area contributed by atoms with Gasteiger partial charge in [-0.1, -0.05) is 11.8 Å². The van der Waals surface area contributed by atoms with Gasteiger partial charge in [0.1, 0.15) is 5.82 Å². The van der Waals surface area contributed by atoms with Gasteiger partial charge in [0.15, 0.2) is 0 Å². The fourth-order valence-electron chi connectivity index (χ4n) is 3.14. The average Bonchev–Trinajstić information content (AvgIpc) is 3.26. The number of imidazole rings is 1. The number of amides is 1. The van der Waals surface area contributed by atoms with Gasteiger partial charge in [-0.25, -0.2) is 4.98 Å². The molecule has 0 radical (unpaired) electrons. The van der Waals surface area contributed by atoms with Gasteiger partial charge in [-0.05, 0) is 26.9 Å². The second kappa shape index (κ2) is 8.68. The SMILES string of the molecule is Cc1nnc(SCC(=O)N2CCCC(c3nccn3CCN(C)C)C2)o1. The fraction of sp³-hybridized carbons (Fsp3) is 0.647. The van der Waals surface area contributed by atoms with Crippen LogP contribution in [0.2, 0.25) is 0 Å². The zero-order chi connectivity index (χ0) is 18.5. The Morgan fingerprint density at radius 1 is 1.42 bits per heavy atom. The summed E-state index contributed by atoms with van der Waals surface area (Å²) in [6.07, 6.45) is 5.97. The molecule has 1 unspecified atom stereocenters. The first-order chi connectivity index (χ1) is 12.5. The van der Waals surface area contributed by atoms with E-state index in [1.807, 2.05) is 17.3 Å². The Kier molecular flexibility index (Phi) is 6.31. The van der Waals surface area contributed by atoms with Crippen molar-refractivity contribution in [2.24, 2.45) is 0 Å². The second-order valence-electron chi connectivity index (χ2n) is 6.84. The maximum absolute atomic E-state index is 12.6. The molecule has 0 aromatic carbocycles. The van der Waals surface area contributed by atoms with Gasteiger partial charge in [-0.2, -0.15) is 0 Å². The van der Waals surface area contributed by atoms with Crippen LogP contribution in [0.1, 0.15) is 30.5 Å². The van der Waals surface area contributed by atoms with Crippen LogP contribution in [-0.2, 0) is 11.3 Å². The molecule has 142 valence electrons. The van der Waals surface area contributed by atoms with Crippen LogP contribution in [-0.4, -0.2) is 74.9 Å². The highest BCUT2D eigenvalue weighted by atomic mass is 32.2. The maximum Gasteiger partial charge on any atom is 0.277 e. The lowest BCUT2D eigenvalue weighted by molar-refractivity contribution is -0.129. The summed E-state index contributed by atoms with van der Waals surface area (Å²) in [4.78, 5) is 21.3. The fourth-order valence-corrected chi connectivity index (χ4v) is 3.85. The first kappa shape index (κ1) is 18.9. The number of likely N-dealkylation sites (N-methyl/N-ethyl adjacent to an activating group) is 1. The van der Waals surface area contributed by atoms with E-state index in [2.05, 4.69) is 38.7 Å². The van der Waals surface area contributed by atoms with Crippen LogP contribution in [0.25, 0.3) is 0 Å². The zero-order valence-corrected chi connectivity index (χ0v) is 16.4. The van der Waals surface area contributed by atoms with Gasteiger partial charge in [-0.3, -0.25) is 4.79 Å². The van der Waals surface area contributed by atoms with Gasteiger partial charge in [0.25, 0.3) is 5.22 Å². The monoisotopic (exact) mass is 378 g/mol. The molecular weight excluding hydrogens is 352 g/mol. The summed E-state index contributed by atoms with van der Waals surface area (Å²) in [7, 11) is 4.14. The molecule has 0 aliphatic carbocycles. The predicted molar refractivity (Wildman–Crippen MR) is 99.1 cm³/mol. The number of piperidine rings is 1. The minimum absolute atomic E-state index is 0.113. The average molecular weight is 379 g/mol. The molecule has 0 N–H and O–H groups in total. The summed E-state index contributed by atoms with van der Waals surface area (Å²) in [5, 5.41) is 8.16. The van der Waals surface area contributed by atoms with Crippen molar-refractivity contribution in [2.75, 3.05) is 39.5 Å². The van der Waals surface area contributed by atoms with Crippen molar-refractivity contribution in [3.8, 4) is 0 Å². The van der Waals surface area contributed by atoms with Crippen LogP contribution in [0.15, 0.2) is 22.0 Å². The largest absolute Gasteiger partial charge is 0.416 e. The Balaban J connectivity index is 1.57. The van der Waals surface area contributed by atoms with Crippen molar-refractivity contribution in [3.05, 3.63) is 24.1 Å². The van der Waals surface area contributed by atoms with Crippen LogP contribution in [0.5, 0.6) is 0 Å². The third-order valence-corrected chi connectivity index (χ3v) is 5.30. The minimum atomic E-state index is 0.113. The number of hydrogen-bond donors (Lipinski definition) is 0.